The number of hydrogen-bond donors (Lipinski definition) is 1. The molecule has 1 aliphatic carbocycles. The van der Waals surface area contributed by atoms with Gasteiger partial charge in [0.2, 0.25) is 0 Å². The summed E-state index contributed by atoms with van der Waals surface area (Å²) in [5, 5.41) is 10.0. The van der Waals surface area contributed by atoms with Crippen LogP contribution < -0.4 is 0 Å². The molecular weight excluding hydrogens is 260 g/mol. The van der Waals surface area contributed by atoms with Crippen molar-refractivity contribution < 1.29 is 9.84 Å². The van der Waals surface area contributed by atoms with Crippen LogP contribution in [0.25, 0.3) is 0 Å². The van der Waals surface area contributed by atoms with E-state index in [0.29, 0.717) is 6.61 Å². The third-order valence-corrected chi connectivity index (χ3v) is 4.67. The average Bonchev–Trinajstić information content (AvgIpc) is 2.38. The van der Waals surface area contributed by atoms with Gasteiger partial charge in [-0.3, -0.25) is 0 Å². The van der Waals surface area contributed by atoms with Crippen LogP contribution in [0.2, 0.25) is 0 Å². The largest absolute Gasteiger partial charge is 0.390 e. The molecule has 2 atom stereocenters. The van der Waals surface area contributed by atoms with Gasteiger partial charge in [-0.1, -0.05) is 45.7 Å². The van der Waals surface area contributed by atoms with Gasteiger partial charge in [-0.2, -0.15) is 0 Å². The second-order valence-electron chi connectivity index (χ2n) is 7.54. The van der Waals surface area contributed by atoms with Crippen molar-refractivity contribution in [3.8, 4) is 0 Å². The maximum atomic E-state index is 10.0. The lowest BCUT2D eigenvalue weighted by molar-refractivity contribution is -0.0664. The molecule has 1 N–H and O–H groups in total. The van der Waals surface area contributed by atoms with Crippen LogP contribution >= 0.6 is 0 Å². The summed E-state index contributed by atoms with van der Waals surface area (Å²) in [6.45, 7) is 11.7. The van der Waals surface area contributed by atoms with Gasteiger partial charge in [0.25, 0.3) is 0 Å². The Morgan fingerprint density at radius 1 is 1.10 bits per heavy atom. The van der Waals surface area contributed by atoms with E-state index in [1.807, 2.05) is 0 Å². The Bertz CT molecular complexity index is 462. The van der Waals surface area contributed by atoms with E-state index in [1.54, 1.807) is 0 Å². The Balaban J connectivity index is 2.10. The number of aryl methyl sites for hydroxylation is 2. The summed E-state index contributed by atoms with van der Waals surface area (Å²) in [6, 6.07) is 4.56. The molecule has 1 aromatic carbocycles. The number of ether oxygens (including phenoxy) is 1. The molecule has 0 aromatic heterocycles. The third-order valence-electron chi connectivity index (χ3n) is 4.67. The van der Waals surface area contributed by atoms with Crippen LogP contribution in [-0.2, 0) is 16.8 Å². The van der Waals surface area contributed by atoms with Crippen LogP contribution in [0.5, 0.6) is 0 Å². The average molecular weight is 290 g/mol. The first-order valence-electron chi connectivity index (χ1n) is 8.19. The summed E-state index contributed by atoms with van der Waals surface area (Å²) in [4.78, 5) is 0. The lowest BCUT2D eigenvalue weighted by Crippen LogP contribution is -2.32. The molecule has 2 heteroatoms. The van der Waals surface area contributed by atoms with Gasteiger partial charge in [-0.15, -0.1) is 0 Å². The van der Waals surface area contributed by atoms with Gasteiger partial charge in [0.05, 0.1) is 18.8 Å². The topological polar surface area (TPSA) is 29.5 Å². The first-order chi connectivity index (χ1) is 9.79. The van der Waals surface area contributed by atoms with Crippen molar-refractivity contribution in [2.24, 2.45) is 0 Å². The van der Waals surface area contributed by atoms with Crippen LogP contribution in [0.3, 0.4) is 0 Å². The zero-order chi connectivity index (χ0) is 15.6. The zero-order valence-corrected chi connectivity index (χ0v) is 14.2. The highest BCUT2D eigenvalue weighted by Crippen LogP contribution is 2.28. The number of benzene rings is 1. The minimum atomic E-state index is -0.284. The van der Waals surface area contributed by atoms with Crippen molar-refractivity contribution in [1.29, 1.82) is 0 Å². The molecule has 1 aromatic rings. The second kappa shape index (κ2) is 6.50. The molecule has 0 aliphatic heterocycles. The molecule has 0 spiro atoms. The van der Waals surface area contributed by atoms with E-state index in [0.717, 1.165) is 19.3 Å². The van der Waals surface area contributed by atoms with Gasteiger partial charge >= 0.3 is 0 Å². The first-order valence-corrected chi connectivity index (χ1v) is 8.19. The maximum absolute atomic E-state index is 10.0. The highest BCUT2D eigenvalue weighted by Gasteiger charge is 2.24. The monoisotopic (exact) mass is 290 g/mol. The SMILES string of the molecule is Cc1cc(C(C)(C)C)cc(C)c1CO[C@@H]1CCCC[C@H]1O. The Labute approximate surface area is 129 Å². The van der Waals surface area contributed by atoms with E-state index in [1.165, 1.54) is 28.7 Å². The second-order valence-corrected chi connectivity index (χ2v) is 7.54. The summed E-state index contributed by atoms with van der Waals surface area (Å²) in [7, 11) is 0. The fourth-order valence-corrected chi connectivity index (χ4v) is 3.12. The van der Waals surface area contributed by atoms with Gasteiger partial charge in [0.1, 0.15) is 0 Å². The highest BCUT2D eigenvalue weighted by atomic mass is 16.5. The predicted molar refractivity (Wildman–Crippen MR) is 87.7 cm³/mol. The minimum Gasteiger partial charge on any atom is -0.390 e. The number of aliphatic hydroxyl groups is 1. The summed E-state index contributed by atoms with van der Waals surface area (Å²) in [5.41, 5.74) is 5.42. The van der Waals surface area contributed by atoms with Crippen molar-refractivity contribution in [2.75, 3.05) is 0 Å². The molecule has 0 saturated heterocycles. The van der Waals surface area contributed by atoms with E-state index < -0.39 is 0 Å². The fourth-order valence-electron chi connectivity index (χ4n) is 3.12. The molecule has 0 bridgehead atoms. The van der Waals surface area contributed by atoms with E-state index >= 15 is 0 Å². The van der Waals surface area contributed by atoms with E-state index in [9.17, 15) is 5.11 Å². The number of aliphatic hydroxyl groups excluding tert-OH is 1. The number of hydrogen-bond acceptors (Lipinski definition) is 2. The first kappa shape index (κ1) is 16.5. The lowest BCUT2D eigenvalue weighted by Gasteiger charge is -2.28. The van der Waals surface area contributed by atoms with Gasteiger partial charge in [-0.05, 0) is 54.4 Å². The van der Waals surface area contributed by atoms with Crippen molar-refractivity contribution in [1.82, 2.24) is 0 Å². The van der Waals surface area contributed by atoms with Crippen molar-refractivity contribution >= 4 is 0 Å². The summed E-state index contributed by atoms with van der Waals surface area (Å²) in [5.74, 6) is 0. The van der Waals surface area contributed by atoms with Crippen molar-refractivity contribution in [3.63, 3.8) is 0 Å². The van der Waals surface area contributed by atoms with Gasteiger partial charge in [0, 0.05) is 0 Å². The summed E-state index contributed by atoms with van der Waals surface area (Å²) in [6.07, 6.45) is 3.89. The normalized spacial score (nSPS) is 23.3. The quantitative estimate of drug-likeness (QED) is 0.893. The fraction of sp³-hybridized carbons (Fsp3) is 0.684. The highest BCUT2D eigenvalue weighted by molar-refractivity contribution is 5.40. The van der Waals surface area contributed by atoms with Gasteiger partial charge < -0.3 is 9.84 Å². The molecule has 118 valence electrons. The molecule has 1 aliphatic rings. The Morgan fingerprint density at radius 2 is 1.67 bits per heavy atom. The molecule has 0 heterocycles. The van der Waals surface area contributed by atoms with E-state index in [4.69, 9.17) is 4.74 Å². The zero-order valence-electron chi connectivity index (χ0n) is 14.2. The van der Waals surface area contributed by atoms with Gasteiger partial charge in [-0.25, -0.2) is 0 Å². The van der Waals surface area contributed by atoms with Crippen LogP contribution in [0.15, 0.2) is 12.1 Å². The van der Waals surface area contributed by atoms with Crippen LogP contribution in [-0.4, -0.2) is 17.3 Å². The number of rotatable bonds is 3. The third kappa shape index (κ3) is 4.08. The molecule has 0 unspecified atom stereocenters. The summed E-state index contributed by atoms with van der Waals surface area (Å²) < 4.78 is 6.02. The Morgan fingerprint density at radius 3 is 2.19 bits per heavy atom. The van der Waals surface area contributed by atoms with Gasteiger partial charge in [0.15, 0.2) is 0 Å². The van der Waals surface area contributed by atoms with Crippen molar-refractivity contribution in [2.45, 2.75) is 84.5 Å². The molecular formula is C19H30O2. The standard InChI is InChI=1S/C19H30O2/c1-13-10-15(19(3,4)5)11-14(2)16(13)12-21-18-9-7-6-8-17(18)20/h10-11,17-18,20H,6-9,12H2,1-5H3/t17-,18-/m1/s1. The molecule has 2 rings (SSSR count). The summed E-state index contributed by atoms with van der Waals surface area (Å²) >= 11 is 0. The smallest absolute Gasteiger partial charge is 0.0838 e. The molecule has 1 saturated carbocycles. The molecule has 1 fully saturated rings. The lowest BCUT2D eigenvalue weighted by atomic mass is 9.84. The maximum Gasteiger partial charge on any atom is 0.0838 e. The van der Waals surface area contributed by atoms with Crippen LogP contribution in [0, 0.1) is 13.8 Å². The molecule has 0 radical (unpaired) electrons. The van der Waals surface area contributed by atoms with Crippen molar-refractivity contribution in [3.05, 3.63) is 34.4 Å². The molecule has 0 amide bonds. The van der Waals surface area contributed by atoms with E-state index in [2.05, 4.69) is 46.8 Å². The predicted octanol–water partition coefficient (Wildman–Crippen LogP) is 4.42. The molecule has 2 nitrogen and oxygen atoms in total. The van der Waals surface area contributed by atoms with Crippen LogP contribution in [0.4, 0.5) is 0 Å². The van der Waals surface area contributed by atoms with E-state index in [-0.39, 0.29) is 17.6 Å². The molecule has 21 heavy (non-hydrogen) atoms. The van der Waals surface area contributed by atoms with Crippen LogP contribution in [0.1, 0.15) is 68.7 Å². The Kier molecular flexibility index (Phi) is 5.11. The Hall–Kier alpha value is -0.860. The minimum absolute atomic E-state index is 0.0137.